The lowest BCUT2D eigenvalue weighted by Crippen LogP contribution is -2.25. The highest BCUT2D eigenvalue weighted by molar-refractivity contribution is 7.15. The van der Waals surface area contributed by atoms with Gasteiger partial charge in [0.05, 0.1) is 12.0 Å². The summed E-state index contributed by atoms with van der Waals surface area (Å²) in [5.74, 6) is -0.515. The Morgan fingerprint density at radius 1 is 1.14 bits per heavy atom. The lowest BCUT2D eigenvalue weighted by molar-refractivity contribution is 0.0606. The molecule has 0 bridgehead atoms. The predicted molar refractivity (Wildman–Crippen MR) is 82.6 cm³/mol. The van der Waals surface area contributed by atoms with Gasteiger partial charge in [0.15, 0.2) is 0 Å². The van der Waals surface area contributed by atoms with Crippen molar-refractivity contribution < 1.29 is 14.3 Å². The molecule has 21 heavy (non-hydrogen) atoms. The van der Waals surface area contributed by atoms with Crippen LogP contribution in [0.2, 0.25) is 0 Å². The fourth-order valence-corrected chi connectivity index (χ4v) is 2.88. The second-order valence-corrected chi connectivity index (χ2v) is 5.83. The number of amides is 1. The zero-order chi connectivity index (χ0) is 15.4. The third kappa shape index (κ3) is 3.49. The highest BCUT2D eigenvalue weighted by Gasteiger charge is 2.17. The molecular formula is C16H17NO3S. The molecule has 0 saturated carbocycles. The normalized spacial score (nSPS) is 10.2. The molecule has 1 heterocycles. The van der Waals surface area contributed by atoms with E-state index in [1.165, 1.54) is 7.11 Å². The van der Waals surface area contributed by atoms with Crippen LogP contribution in [0.3, 0.4) is 0 Å². The highest BCUT2D eigenvalue weighted by atomic mass is 32.1. The van der Waals surface area contributed by atoms with Gasteiger partial charge in [-0.05, 0) is 30.2 Å². The fourth-order valence-electron chi connectivity index (χ4n) is 1.97. The van der Waals surface area contributed by atoms with Gasteiger partial charge in [-0.3, -0.25) is 4.79 Å². The number of thiophene rings is 1. The number of hydrogen-bond acceptors (Lipinski definition) is 4. The molecule has 2 aromatic rings. The Labute approximate surface area is 128 Å². The minimum atomic E-state index is -0.416. The molecule has 1 aromatic heterocycles. The summed E-state index contributed by atoms with van der Waals surface area (Å²) in [6.07, 6.45) is 0. The summed E-state index contributed by atoms with van der Waals surface area (Å²) < 4.78 is 4.65. The van der Waals surface area contributed by atoms with Gasteiger partial charge in [0.1, 0.15) is 4.88 Å². The highest BCUT2D eigenvalue weighted by Crippen LogP contribution is 2.20. The predicted octanol–water partition coefficient (Wildman–Crippen LogP) is 3.12. The number of benzene rings is 1. The minimum Gasteiger partial charge on any atom is -0.465 e. The first-order valence-corrected chi connectivity index (χ1v) is 7.32. The van der Waals surface area contributed by atoms with Crippen LogP contribution < -0.4 is 0 Å². The number of ether oxygens (including phenoxy) is 1. The van der Waals surface area contributed by atoms with Crippen molar-refractivity contribution in [1.29, 1.82) is 0 Å². The summed E-state index contributed by atoms with van der Waals surface area (Å²) in [4.78, 5) is 26.4. The van der Waals surface area contributed by atoms with Gasteiger partial charge in [-0.1, -0.05) is 24.3 Å². The molecule has 0 N–H and O–H groups in total. The number of hydrogen-bond donors (Lipinski definition) is 0. The molecule has 5 heteroatoms. The Balaban J connectivity index is 2.11. The van der Waals surface area contributed by atoms with Crippen molar-refractivity contribution in [3.63, 3.8) is 0 Å². The lowest BCUT2D eigenvalue weighted by atomic mass is 10.1. The van der Waals surface area contributed by atoms with E-state index < -0.39 is 5.97 Å². The average molecular weight is 303 g/mol. The number of rotatable bonds is 4. The third-order valence-corrected chi connectivity index (χ3v) is 4.27. The molecule has 0 unspecified atom stereocenters. The second-order valence-electron chi connectivity index (χ2n) is 4.74. The molecule has 0 radical (unpaired) electrons. The maximum Gasteiger partial charge on any atom is 0.348 e. The maximum absolute atomic E-state index is 12.4. The molecule has 0 saturated heterocycles. The molecule has 110 valence electrons. The second kappa shape index (κ2) is 6.54. The molecular weight excluding hydrogens is 286 g/mol. The van der Waals surface area contributed by atoms with Gasteiger partial charge in [0.25, 0.3) is 5.91 Å². The van der Waals surface area contributed by atoms with Crippen molar-refractivity contribution in [3.8, 4) is 0 Å². The van der Waals surface area contributed by atoms with Crippen molar-refractivity contribution in [3.05, 3.63) is 57.3 Å². The quantitative estimate of drug-likeness (QED) is 0.815. The summed E-state index contributed by atoms with van der Waals surface area (Å²) in [5.41, 5.74) is 2.26. The first-order chi connectivity index (χ1) is 10.0. The van der Waals surface area contributed by atoms with Crippen LogP contribution in [0.5, 0.6) is 0 Å². The molecule has 1 aromatic carbocycles. The third-order valence-electron chi connectivity index (χ3n) is 3.22. The number of methoxy groups -OCH3 is 1. The molecule has 0 spiro atoms. The van der Waals surface area contributed by atoms with Crippen LogP contribution in [0.25, 0.3) is 0 Å². The summed E-state index contributed by atoms with van der Waals surface area (Å²) in [5, 5.41) is 0. The number of aryl methyl sites for hydroxylation is 1. The van der Waals surface area contributed by atoms with Crippen molar-refractivity contribution in [2.24, 2.45) is 0 Å². The summed E-state index contributed by atoms with van der Waals surface area (Å²) in [7, 11) is 3.08. The molecule has 0 fully saturated rings. The van der Waals surface area contributed by atoms with E-state index in [2.05, 4.69) is 4.74 Å². The van der Waals surface area contributed by atoms with Crippen LogP contribution in [-0.2, 0) is 11.3 Å². The van der Waals surface area contributed by atoms with Crippen molar-refractivity contribution in [1.82, 2.24) is 4.90 Å². The first kappa shape index (κ1) is 15.3. The number of carbonyl (C=O) groups is 2. The van der Waals surface area contributed by atoms with Gasteiger partial charge in [0.2, 0.25) is 0 Å². The Morgan fingerprint density at radius 2 is 1.81 bits per heavy atom. The van der Waals surface area contributed by atoms with Crippen molar-refractivity contribution >= 4 is 23.2 Å². The van der Waals surface area contributed by atoms with Crippen LogP contribution in [0, 0.1) is 6.92 Å². The molecule has 0 aliphatic heterocycles. The van der Waals surface area contributed by atoms with Gasteiger partial charge < -0.3 is 9.64 Å². The van der Waals surface area contributed by atoms with Crippen LogP contribution in [0.4, 0.5) is 0 Å². The molecule has 0 aliphatic rings. The zero-order valence-electron chi connectivity index (χ0n) is 12.3. The van der Waals surface area contributed by atoms with Gasteiger partial charge in [0, 0.05) is 13.6 Å². The monoisotopic (exact) mass is 303 g/mol. The maximum atomic E-state index is 12.4. The first-order valence-electron chi connectivity index (χ1n) is 6.51. The molecule has 0 atom stereocenters. The molecule has 2 rings (SSSR count). The number of nitrogens with zero attached hydrogens (tertiary/aromatic N) is 1. The number of carbonyl (C=O) groups excluding carboxylic acids is 2. The van der Waals surface area contributed by atoms with Crippen LogP contribution in [-0.4, -0.2) is 30.9 Å². The van der Waals surface area contributed by atoms with Crippen LogP contribution in [0.15, 0.2) is 36.4 Å². The zero-order valence-corrected chi connectivity index (χ0v) is 13.1. The van der Waals surface area contributed by atoms with E-state index >= 15 is 0 Å². The lowest BCUT2D eigenvalue weighted by Gasteiger charge is -2.17. The number of esters is 1. The van der Waals surface area contributed by atoms with Crippen LogP contribution >= 0.6 is 11.3 Å². The average Bonchev–Trinajstić information content (AvgIpc) is 2.97. The van der Waals surface area contributed by atoms with Crippen LogP contribution in [0.1, 0.15) is 30.5 Å². The summed E-state index contributed by atoms with van der Waals surface area (Å²) in [6, 6.07) is 11.2. The molecule has 1 amide bonds. The summed E-state index contributed by atoms with van der Waals surface area (Å²) >= 11 is 1.15. The largest absolute Gasteiger partial charge is 0.465 e. The Morgan fingerprint density at radius 3 is 2.48 bits per heavy atom. The van der Waals surface area contributed by atoms with E-state index in [-0.39, 0.29) is 5.91 Å². The van der Waals surface area contributed by atoms with Crippen molar-refractivity contribution in [2.75, 3.05) is 14.2 Å². The van der Waals surface area contributed by atoms with E-state index in [0.717, 1.165) is 22.5 Å². The van der Waals surface area contributed by atoms with Gasteiger partial charge in [-0.2, -0.15) is 0 Å². The van der Waals surface area contributed by atoms with E-state index in [9.17, 15) is 9.59 Å². The SMILES string of the molecule is COC(=O)c1ccc(C(=O)N(C)Cc2ccccc2C)s1. The van der Waals surface area contributed by atoms with E-state index in [0.29, 0.717) is 16.3 Å². The topological polar surface area (TPSA) is 46.6 Å². The molecule has 0 aliphatic carbocycles. The van der Waals surface area contributed by atoms with Gasteiger partial charge in [-0.25, -0.2) is 4.79 Å². The van der Waals surface area contributed by atoms with E-state index in [4.69, 9.17) is 0 Å². The smallest absolute Gasteiger partial charge is 0.348 e. The van der Waals surface area contributed by atoms with Gasteiger partial charge >= 0.3 is 5.97 Å². The molecule has 4 nitrogen and oxygen atoms in total. The van der Waals surface area contributed by atoms with E-state index in [1.54, 1.807) is 24.1 Å². The minimum absolute atomic E-state index is 0.0987. The Hall–Kier alpha value is -2.14. The van der Waals surface area contributed by atoms with E-state index in [1.807, 2.05) is 31.2 Å². The Bertz CT molecular complexity index is 663. The standard InChI is InChI=1S/C16H17NO3S/c1-11-6-4-5-7-12(11)10-17(2)15(18)13-8-9-14(21-13)16(19)20-3/h4-9H,10H2,1-3H3. The summed E-state index contributed by atoms with van der Waals surface area (Å²) in [6.45, 7) is 2.56. The van der Waals surface area contributed by atoms with Gasteiger partial charge in [-0.15, -0.1) is 11.3 Å². The Kier molecular flexibility index (Phi) is 4.75. The van der Waals surface area contributed by atoms with Crippen molar-refractivity contribution in [2.45, 2.75) is 13.5 Å². The fraction of sp³-hybridized carbons (Fsp3) is 0.250.